The Morgan fingerprint density at radius 3 is 2.09 bits per heavy atom. The molecule has 0 saturated heterocycles. The van der Waals surface area contributed by atoms with Gasteiger partial charge in [-0.3, -0.25) is 14.1 Å². The first-order valence-electron chi connectivity index (χ1n) is 8.89. The molecule has 0 radical (unpaired) electrons. The Morgan fingerprint density at radius 1 is 1.09 bits per heavy atom. The van der Waals surface area contributed by atoms with Crippen LogP contribution in [0, 0.1) is 9.49 Å². The van der Waals surface area contributed by atoms with Crippen LogP contribution in [0.15, 0.2) is 18.2 Å². The van der Waals surface area contributed by atoms with Crippen LogP contribution >= 0.6 is 22.6 Å². The molecule has 1 aromatic rings. The molecule has 0 aromatic heterocycles. The number of amides is 1. The van der Waals surface area contributed by atoms with Crippen molar-refractivity contribution in [1.29, 1.82) is 0 Å². The third-order valence-corrected chi connectivity index (χ3v) is 6.25. The smallest absolute Gasteiger partial charge is 0.421 e. The molecule has 32 heavy (non-hydrogen) atoms. The van der Waals surface area contributed by atoms with E-state index in [-0.39, 0.29) is 0 Å². The summed E-state index contributed by atoms with van der Waals surface area (Å²) in [6.45, 7) is 0. The van der Waals surface area contributed by atoms with Crippen LogP contribution in [0.2, 0.25) is 0 Å². The van der Waals surface area contributed by atoms with E-state index in [4.69, 9.17) is 9.29 Å². The summed E-state index contributed by atoms with van der Waals surface area (Å²) < 4.78 is 117. The Morgan fingerprint density at radius 2 is 1.62 bits per heavy atom. The number of hydrogen-bond donors (Lipinski definition) is 2. The van der Waals surface area contributed by atoms with Gasteiger partial charge in [-0.25, -0.2) is 0 Å². The quantitative estimate of drug-likeness (QED) is 0.168. The Labute approximate surface area is 191 Å². The second-order valence-corrected chi connectivity index (χ2v) is 9.82. The van der Waals surface area contributed by atoms with E-state index in [2.05, 4.69) is 0 Å². The van der Waals surface area contributed by atoms with Crippen molar-refractivity contribution < 1.29 is 53.6 Å². The third-order valence-electron chi connectivity index (χ3n) is 4.78. The van der Waals surface area contributed by atoms with Crippen molar-refractivity contribution in [3.63, 3.8) is 0 Å². The van der Waals surface area contributed by atoms with E-state index in [9.17, 15) is 44.3 Å². The van der Waals surface area contributed by atoms with E-state index in [0.717, 1.165) is 31.0 Å². The van der Waals surface area contributed by atoms with Crippen LogP contribution in [0.4, 0.5) is 26.3 Å². The highest BCUT2D eigenvalue weighted by Crippen LogP contribution is 2.44. The number of rotatable bonds is 6. The normalized spacial score (nSPS) is 16.1. The first-order chi connectivity index (χ1) is 14.5. The van der Waals surface area contributed by atoms with E-state index in [1.54, 1.807) is 22.6 Å². The number of halogens is 7. The minimum atomic E-state index is -6.36. The summed E-state index contributed by atoms with van der Waals surface area (Å²) in [5, 5.41) is 0.664. The lowest BCUT2D eigenvalue weighted by molar-refractivity contribution is -0.296. The molecule has 2 rings (SSSR count). The highest BCUT2D eigenvalue weighted by atomic mass is 127. The Balaban J connectivity index is 2.49. The minimum Gasteiger partial charge on any atom is -0.425 e. The topological polar surface area (TPSA) is 110 Å². The van der Waals surface area contributed by atoms with Crippen LogP contribution in [-0.4, -0.2) is 48.5 Å². The second kappa shape index (κ2) is 9.32. The third kappa shape index (κ3) is 6.03. The van der Waals surface area contributed by atoms with Crippen LogP contribution in [0.5, 0.6) is 5.75 Å². The molecule has 7 nitrogen and oxygen atoms in total. The Kier molecular flexibility index (Phi) is 7.76. The Hall–Kier alpha value is -1.62. The van der Waals surface area contributed by atoms with Gasteiger partial charge in [0.1, 0.15) is 11.5 Å². The van der Waals surface area contributed by atoms with Gasteiger partial charge in [0.05, 0.1) is 11.5 Å². The van der Waals surface area contributed by atoms with E-state index in [1.807, 2.05) is 0 Å². The van der Waals surface area contributed by atoms with Gasteiger partial charge in [-0.05, 0) is 53.6 Å². The van der Waals surface area contributed by atoms with Crippen molar-refractivity contribution in [2.24, 2.45) is 5.92 Å². The molecule has 0 aliphatic heterocycles. The summed E-state index contributed by atoms with van der Waals surface area (Å²) in [7, 11) is -5.86. The number of carbonyl (C=O) groups is 2. The van der Waals surface area contributed by atoms with E-state index < -0.39 is 62.9 Å². The zero-order valence-corrected chi connectivity index (χ0v) is 18.9. The van der Waals surface area contributed by atoms with Crippen LogP contribution < -0.4 is 10.1 Å². The maximum Gasteiger partial charge on any atom is 0.421 e. The largest absolute Gasteiger partial charge is 0.425 e. The van der Waals surface area contributed by atoms with Gasteiger partial charge in [-0.15, -0.1) is 0 Å². The average molecular weight is 603 g/mol. The van der Waals surface area contributed by atoms with Crippen molar-refractivity contribution >= 4 is 44.6 Å². The maximum atomic E-state index is 13.5. The molecular weight excluding hydrogens is 587 g/mol. The molecule has 1 amide bonds. The monoisotopic (exact) mass is 603 g/mol. The molecule has 0 unspecified atom stereocenters. The van der Waals surface area contributed by atoms with Gasteiger partial charge in [0.25, 0.3) is 16.0 Å². The summed E-state index contributed by atoms with van der Waals surface area (Å²) in [5.74, 6) is -6.83. The molecule has 2 N–H and O–H groups in total. The number of alkyl halides is 6. The predicted octanol–water partition coefficient (Wildman–Crippen LogP) is 3.87. The van der Waals surface area contributed by atoms with Gasteiger partial charge >= 0.3 is 18.3 Å². The summed E-state index contributed by atoms with van der Waals surface area (Å²) in [5.41, 5.74) is -6.18. The van der Waals surface area contributed by atoms with Crippen molar-refractivity contribution in [2.75, 3.05) is 5.75 Å². The van der Waals surface area contributed by atoms with Crippen LogP contribution in [-0.2, 0) is 14.9 Å². The fourth-order valence-electron chi connectivity index (χ4n) is 3.16. The number of ether oxygens (including phenoxy) is 1. The molecule has 180 valence electrons. The number of benzene rings is 1. The molecular formula is C17H16F6INO6S. The average Bonchev–Trinajstić information content (AvgIpc) is 3.12. The van der Waals surface area contributed by atoms with Crippen molar-refractivity contribution in [3.05, 3.63) is 27.3 Å². The summed E-state index contributed by atoms with van der Waals surface area (Å²) >= 11 is 1.72. The molecule has 1 saturated carbocycles. The summed E-state index contributed by atoms with van der Waals surface area (Å²) in [4.78, 5) is 24.8. The van der Waals surface area contributed by atoms with Crippen LogP contribution in [0.3, 0.4) is 0 Å². The molecule has 1 aromatic carbocycles. The lowest BCUT2D eigenvalue weighted by Gasteiger charge is -2.36. The van der Waals surface area contributed by atoms with Gasteiger partial charge in [0.15, 0.2) is 0 Å². The summed E-state index contributed by atoms with van der Waals surface area (Å²) in [6, 6.07) is 3.06. The molecule has 0 spiro atoms. The van der Waals surface area contributed by atoms with Crippen molar-refractivity contribution in [2.45, 2.75) is 43.6 Å². The SMILES string of the molecule is O=C(NC(CS(=O)(=O)O)(C(F)(F)F)C(F)(F)F)c1ccc(I)cc1OC(=O)C1CCCC1. The minimum absolute atomic E-state index is 0.351. The van der Waals surface area contributed by atoms with Gasteiger partial charge in [0.2, 0.25) is 5.54 Å². The standard InChI is InChI=1S/C17H16F6INO6S/c18-16(19,20)15(17(21,22)23,8-32(28,29)30)25-13(26)11-6-5-10(24)7-12(11)31-14(27)9-3-1-2-4-9/h5-7,9H,1-4,8H2,(H,25,26)(H,28,29,30). The lowest BCUT2D eigenvalue weighted by Crippen LogP contribution is -2.70. The number of hydrogen-bond acceptors (Lipinski definition) is 5. The van der Waals surface area contributed by atoms with Crippen molar-refractivity contribution in [1.82, 2.24) is 5.32 Å². The highest BCUT2D eigenvalue weighted by Gasteiger charge is 2.73. The molecule has 1 aliphatic carbocycles. The zero-order valence-electron chi connectivity index (χ0n) is 15.9. The van der Waals surface area contributed by atoms with Gasteiger partial charge in [-0.1, -0.05) is 12.8 Å². The fourth-order valence-corrected chi connectivity index (χ4v) is 4.57. The number of nitrogens with one attached hydrogen (secondary N) is 1. The Bertz CT molecular complexity index is 974. The molecule has 0 heterocycles. The maximum absolute atomic E-state index is 13.5. The van der Waals surface area contributed by atoms with Gasteiger partial charge in [-0.2, -0.15) is 34.8 Å². The number of carbonyl (C=O) groups excluding carboxylic acids is 2. The van der Waals surface area contributed by atoms with E-state index in [1.165, 1.54) is 0 Å². The molecule has 15 heteroatoms. The molecule has 1 fully saturated rings. The second-order valence-electron chi connectivity index (χ2n) is 7.12. The van der Waals surface area contributed by atoms with Crippen LogP contribution in [0.1, 0.15) is 36.0 Å². The van der Waals surface area contributed by atoms with E-state index >= 15 is 0 Å². The van der Waals surface area contributed by atoms with Gasteiger partial charge in [0, 0.05) is 3.57 Å². The lowest BCUT2D eigenvalue weighted by atomic mass is 9.99. The first-order valence-corrected chi connectivity index (χ1v) is 11.6. The molecule has 0 bridgehead atoms. The van der Waals surface area contributed by atoms with E-state index in [0.29, 0.717) is 21.7 Å². The molecule has 1 aliphatic rings. The predicted molar refractivity (Wildman–Crippen MR) is 105 cm³/mol. The molecule has 0 atom stereocenters. The van der Waals surface area contributed by atoms with Gasteiger partial charge < -0.3 is 10.1 Å². The summed E-state index contributed by atoms with van der Waals surface area (Å²) in [6.07, 6.45) is -10.3. The number of esters is 1. The zero-order chi connectivity index (χ0) is 24.5. The first kappa shape index (κ1) is 26.6. The van der Waals surface area contributed by atoms with Crippen LogP contribution in [0.25, 0.3) is 0 Å². The highest BCUT2D eigenvalue weighted by molar-refractivity contribution is 14.1. The fraction of sp³-hybridized carbons (Fsp3) is 0.529. The van der Waals surface area contributed by atoms with Crippen molar-refractivity contribution in [3.8, 4) is 5.75 Å².